The molecule has 1 aliphatic rings. The quantitative estimate of drug-likeness (QED) is 0.700. The van der Waals surface area contributed by atoms with Gasteiger partial charge in [0.1, 0.15) is 0 Å². The number of nitrogens with one attached hydrogen (secondary N) is 2. The van der Waals surface area contributed by atoms with Gasteiger partial charge in [0.25, 0.3) is 0 Å². The summed E-state index contributed by atoms with van der Waals surface area (Å²) in [6.45, 7) is 8.47. The predicted molar refractivity (Wildman–Crippen MR) is 85.8 cm³/mol. The number of amides is 1. The molecule has 1 fully saturated rings. The highest BCUT2D eigenvalue weighted by Crippen LogP contribution is 2.25. The molecule has 0 radical (unpaired) electrons. The minimum absolute atomic E-state index is 0.0902. The SMILES string of the molecule is CCCC(C)NC(=O)C(C)N[C@H](C)C1CCCCCC1. The van der Waals surface area contributed by atoms with Crippen LogP contribution in [0, 0.1) is 5.92 Å². The maximum atomic E-state index is 12.1. The van der Waals surface area contributed by atoms with Crippen molar-refractivity contribution in [1.29, 1.82) is 0 Å². The Balaban J connectivity index is 2.35. The summed E-state index contributed by atoms with van der Waals surface area (Å²) in [5.41, 5.74) is 0. The van der Waals surface area contributed by atoms with Crippen LogP contribution in [-0.4, -0.2) is 24.0 Å². The Morgan fingerprint density at radius 1 is 1.10 bits per heavy atom. The van der Waals surface area contributed by atoms with E-state index in [9.17, 15) is 4.79 Å². The average molecular weight is 282 g/mol. The zero-order valence-corrected chi connectivity index (χ0v) is 13.9. The zero-order chi connectivity index (χ0) is 15.0. The summed E-state index contributed by atoms with van der Waals surface area (Å²) in [7, 11) is 0. The smallest absolute Gasteiger partial charge is 0.237 e. The lowest BCUT2D eigenvalue weighted by Crippen LogP contribution is -2.49. The topological polar surface area (TPSA) is 41.1 Å². The minimum Gasteiger partial charge on any atom is -0.352 e. The summed E-state index contributed by atoms with van der Waals surface area (Å²) in [6.07, 6.45) is 10.3. The molecule has 3 nitrogen and oxygen atoms in total. The molecule has 2 N–H and O–H groups in total. The molecule has 118 valence electrons. The molecule has 0 aromatic rings. The van der Waals surface area contributed by atoms with E-state index < -0.39 is 0 Å². The van der Waals surface area contributed by atoms with Gasteiger partial charge in [-0.15, -0.1) is 0 Å². The molecule has 0 heterocycles. The van der Waals surface area contributed by atoms with E-state index in [1.165, 1.54) is 38.5 Å². The lowest BCUT2D eigenvalue weighted by atomic mass is 9.92. The van der Waals surface area contributed by atoms with Gasteiger partial charge < -0.3 is 10.6 Å². The van der Waals surface area contributed by atoms with E-state index in [2.05, 4.69) is 31.4 Å². The first-order valence-corrected chi connectivity index (χ1v) is 8.61. The Morgan fingerprint density at radius 2 is 1.70 bits per heavy atom. The number of carbonyl (C=O) groups excluding carboxylic acids is 1. The molecule has 3 heteroatoms. The molecule has 1 aliphatic carbocycles. The van der Waals surface area contributed by atoms with Gasteiger partial charge >= 0.3 is 0 Å². The largest absolute Gasteiger partial charge is 0.352 e. The first-order chi connectivity index (χ1) is 9.54. The third-order valence-electron chi connectivity index (χ3n) is 4.62. The third-order valence-corrected chi connectivity index (χ3v) is 4.62. The van der Waals surface area contributed by atoms with Gasteiger partial charge in [-0.3, -0.25) is 4.79 Å². The van der Waals surface area contributed by atoms with E-state index in [0.717, 1.165) is 18.8 Å². The molecule has 20 heavy (non-hydrogen) atoms. The van der Waals surface area contributed by atoms with E-state index in [1.54, 1.807) is 0 Å². The number of carbonyl (C=O) groups is 1. The van der Waals surface area contributed by atoms with E-state index in [0.29, 0.717) is 6.04 Å². The van der Waals surface area contributed by atoms with Crippen molar-refractivity contribution in [3.8, 4) is 0 Å². The Hall–Kier alpha value is -0.570. The van der Waals surface area contributed by atoms with Gasteiger partial charge in [0.05, 0.1) is 6.04 Å². The summed E-state index contributed by atoms with van der Waals surface area (Å²) in [4.78, 5) is 12.1. The normalized spacial score (nSPS) is 21.8. The zero-order valence-electron chi connectivity index (χ0n) is 13.9. The van der Waals surface area contributed by atoms with Crippen LogP contribution in [0.4, 0.5) is 0 Å². The summed E-state index contributed by atoms with van der Waals surface area (Å²) in [5.74, 6) is 0.882. The summed E-state index contributed by atoms with van der Waals surface area (Å²) in [6, 6.07) is 0.632. The van der Waals surface area contributed by atoms with Crippen LogP contribution in [0.5, 0.6) is 0 Å². The van der Waals surface area contributed by atoms with Crippen molar-refractivity contribution < 1.29 is 4.79 Å². The van der Waals surface area contributed by atoms with Gasteiger partial charge in [0.2, 0.25) is 5.91 Å². The first-order valence-electron chi connectivity index (χ1n) is 8.61. The van der Waals surface area contributed by atoms with Gasteiger partial charge in [-0.1, -0.05) is 39.0 Å². The number of hydrogen-bond donors (Lipinski definition) is 2. The number of rotatable bonds is 7. The predicted octanol–water partition coefficient (Wildman–Crippen LogP) is 3.63. The first kappa shape index (κ1) is 17.5. The molecule has 0 aromatic carbocycles. The van der Waals surface area contributed by atoms with E-state index in [4.69, 9.17) is 0 Å². The fraction of sp³-hybridized carbons (Fsp3) is 0.941. The lowest BCUT2D eigenvalue weighted by molar-refractivity contribution is -0.123. The minimum atomic E-state index is -0.0902. The van der Waals surface area contributed by atoms with E-state index >= 15 is 0 Å². The Kier molecular flexibility index (Phi) is 8.20. The molecule has 0 aromatic heterocycles. The molecule has 1 rings (SSSR count). The van der Waals surface area contributed by atoms with Crippen molar-refractivity contribution in [2.75, 3.05) is 0 Å². The van der Waals surface area contributed by atoms with Gasteiger partial charge in [-0.05, 0) is 46.0 Å². The Morgan fingerprint density at radius 3 is 2.25 bits per heavy atom. The third kappa shape index (κ3) is 6.25. The molecule has 2 unspecified atom stereocenters. The van der Waals surface area contributed by atoms with Crippen molar-refractivity contribution in [3.05, 3.63) is 0 Å². The monoisotopic (exact) mass is 282 g/mol. The van der Waals surface area contributed by atoms with Crippen molar-refractivity contribution >= 4 is 5.91 Å². The van der Waals surface area contributed by atoms with Crippen molar-refractivity contribution in [2.24, 2.45) is 5.92 Å². The van der Waals surface area contributed by atoms with Crippen LogP contribution in [0.15, 0.2) is 0 Å². The second-order valence-electron chi connectivity index (χ2n) is 6.63. The fourth-order valence-corrected chi connectivity index (χ4v) is 3.29. The van der Waals surface area contributed by atoms with Gasteiger partial charge in [-0.25, -0.2) is 0 Å². The van der Waals surface area contributed by atoms with Crippen LogP contribution in [0.2, 0.25) is 0 Å². The highest BCUT2D eigenvalue weighted by atomic mass is 16.2. The molecule has 0 spiro atoms. The van der Waals surface area contributed by atoms with E-state index in [-0.39, 0.29) is 18.0 Å². The van der Waals surface area contributed by atoms with Gasteiger partial charge in [-0.2, -0.15) is 0 Å². The highest BCUT2D eigenvalue weighted by molar-refractivity contribution is 5.81. The lowest BCUT2D eigenvalue weighted by Gasteiger charge is -2.27. The van der Waals surface area contributed by atoms with Gasteiger partial charge in [0, 0.05) is 12.1 Å². The fourth-order valence-electron chi connectivity index (χ4n) is 3.29. The van der Waals surface area contributed by atoms with Crippen LogP contribution < -0.4 is 10.6 Å². The second-order valence-corrected chi connectivity index (χ2v) is 6.63. The maximum Gasteiger partial charge on any atom is 0.237 e. The molecule has 0 aliphatic heterocycles. The maximum absolute atomic E-state index is 12.1. The Bertz CT molecular complexity index is 272. The summed E-state index contributed by atoms with van der Waals surface area (Å²) < 4.78 is 0. The summed E-state index contributed by atoms with van der Waals surface area (Å²) >= 11 is 0. The molecule has 3 atom stereocenters. The Labute approximate surface area is 125 Å². The van der Waals surface area contributed by atoms with Crippen molar-refractivity contribution in [3.63, 3.8) is 0 Å². The number of hydrogen-bond acceptors (Lipinski definition) is 2. The van der Waals surface area contributed by atoms with Crippen LogP contribution in [0.3, 0.4) is 0 Å². The molecule has 1 amide bonds. The average Bonchev–Trinajstić information content (AvgIpc) is 2.67. The van der Waals surface area contributed by atoms with E-state index in [1.807, 2.05) is 6.92 Å². The molecular weight excluding hydrogens is 248 g/mol. The van der Waals surface area contributed by atoms with Crippen LogP contribution in [0.25, 0.3) is 0 Å². The standard InChI is InChI=1S/C17H34N2O/c1-5-10-13(2)18-17(20)15(4)19-14(3)16-11-8-6-7-9-12-16/h13-16,19H,5-12H2,1-4H3,(H,18,20)/t13?,14-,15?/m1/s1. The van der Waals surface area contributed by atoms with Crippen LogP contribution in [-0.2, 0) is 4.79 Å². The van der Waals surface area contributed by atoms with Crippen molar-refractivity contribution in [1.82, 2.24) is 10.6 Å². The summed E-state index contributed by atoms with van der Waals surface area (Å²) in [5, 5.41) is 6.61. The molecule has 1 saturated carbocycles. The van der Waals surface area contributed by atoms with Gasteiger partial charge in [0.15, 0.2) is 0 Å². The molecule has 0 saturated heterocycles. The molecule has 0 bridgehead atoms. The highest BCUT2D eigenvalue weighted by Gasteiger charge is 2.23. The van der Waals surface area contributed by atoms with Crippen LogP contribution >= 0.6 is 0 Å². The van der Waals surface area contributed by atoms with Crippen molar-refractivity contribution in [2.45, 2.75) is 97.2 Å². The second kappa shape index (κ2) is 9.38. The molecular formula is C17H34N2O. The van der Waals surface area contributed by atoms with Crippen LogP contribution in [0.1, 0.15) is 79.1 Å².